The highest BCUT2D eigenvalue weighted by Gasteiger charge is 2.26. The van der Waals surface area contributed by atoms with E-state index in [4.69, 9.17) is 11.6 Å². The van der Waals surface area contributed by atoms with Crippen molar-refractivity contribution in [2.75, 3.05) is 13.1 Å². The number of aryl methyl sites for hydroxylation is 1. The lowest BCUT2D eigenvalue weighted by molar-refractivity contribution is -0.131. The number of nitrogens with zero attached hydrogens (tertiary/aromatic N) is 3. The average molecular weight is 256 g/mol. The highest BCUT2D eigenvalue weighted by atomic mass is 35.5. The molecule has 0 aliphatic carbocycles. The second-order valence-corrected chi connectivity index (χ2v) is 5.28. The number of hydrogen-bond acceptors (Lipinski definition) is 2. The second-order valence-electron chi connectivity index (χ2n) is 4.63. The van der Waals surface area contributed by atoms with Crippen LogP contribution in [0.5, 0.6) is 0 Å². The van der Waals surface area contributed by atoms with Gasteiger partial charge in [0.1, 0.15) is 5.38 Å². The van der Waals surface area contributed by atoms with Crippen LogP contribution >= 0.6 is 11.6 Å². The summed E-state index contributed by atoms with van der Waals surface area (Å²) in [7, 11) is 1.93. The molecule has 1 aliphatic rings. The molecule has 1 unspecified atom stereocenters. The third-order valence-electron chi connectivity index (χ3n) is 3.30. The molecule has 1 aliphatic heterocycles. The van der Waals surface area contributed by atoms with Gasteiger partial charge in [-0.3, -0.25) is 9.48 Å². The van der Waals surface area contributed by atoms with Crippen molar-refractivity contribution < 1.29 is 4.79 Å². The minimum absolute atomic E-state index is 0.0473. The molecule has 0 saturated carbocycles. The zero-order valence-corrected chi connectivity index (χ0v) is 11.0. The van der Waals surface area contributed by atoms with Crippen molar-refractivity contribution >= 4 is 17.5 Å². The molecule has 0 aromatic carbocycles. The Labute approximate surface area is 107 Å². The Morgan fingerprint density at radius 1 is 1.53 bits per heavy atom. The number of piperidine rings is 1. The van der Waals surface area contributed by atoms with E-state index in [1.165, 1.54) is 0 Å². The lowest BCUT2D eigenvalue weighted by Crippen LogP contribution is -2.41. The number of amides is 1. The van der Waals surface area contributed by atoms with Gasteiger partial charge in [0.2, 0.25) is 5.91 Å². The molecule has 1 atom stereocenters. The predicted molar refractivity (Wildman–Crippen MR) is 67.1 cm³/mol. The van der Waals surface area contributed by atoms with Crippen LogP contribution in [0.15, 0.2) is 12.3 Å². The third kappa shape index (κ3) is 2.80. The number of alkyl halides is 1. The fraction of sp³-hybridized carbons (Fsp3) is 0.667. The van der Waals surface area contributed by atoms with Crippen molar-refractivity contribution in [2.24, 2.45) is 7.05 Å². The summed E-state index contributed by atoms with van der Waals surface area (Å²) in [5, 5.41) is 4.01. The summed E-state index contributed by atoms with van der Waals surface area (Å²) >= 11 is 5.81. The molecular formula is C12H18ClN3O. The van der Waals surface area contributed by atoms with E-state index in [1.807, 2.05) is 22.8 Å². The minimum Gasteiger partial charge on any atom is -0.341 e. The van der Waals surface area contributed by atoms with Gasteiger partial charge < -0.3 is 4.90 Å². The molecule has 1 saturated heterocycles. The number of likely N-dealkylation sites (tertiary alicyclic amines) is 1. The van der Waals surface area contributed by atoms with Crippen molar-refractivity contribution in [1.82, 2.24) is 14.7 Å². The van der Waals surface area contributed by atoms with Crippen LogP contribution in [0.4, 0.5) is 0 Å². The summed E-state index contributed by atoms with van der Waals surface area (Å²) in [5.74, 6) is 0.525. The maximum Gasteiger partial charge on any atom is 0.240 e. The fourth-order valence-corrected chi connectivity index (χ4v) is 2.44. The molecule has 0 N–H and O–H groups in total. The number of carbonyl (C=O) groups excluding carboxylic acids is 1. The molecular weight excluding hydrogens is 238 g/mol. The molecule has 2 heterocycles. The molecule has 1 fully saturated rings. The first-order valence-electron chi connectivity index (χ1n) is 6.00. The fourth-order valence-electron chi connectivity index (χ4n) is 2.30. The Bertz CT molecular complexity index is 394. The smallest absolute Gasteiger partial charge is 0.240 e. The van der Waals surface area contributed by atoms with Crippen LogP contribution in [0.25, 0.3) is 0 Å². The number of carbonyl (C=O) groups is 1. The SMILES string of the molecule is CC(Cl)C(=O)N1CCC(c2ccn(C)n2)CC1. The topological polar surface area (TPSA) is 38.1 Å². The zero-order chi connectivity index (χ0) is 12.4. The number of aromatic nitrogens is 2. The van der Waals surface area contributed by atoms with Gasteiger partial charge in [0.15, 0.2) is 0 Å². The van der Waals surface area contributed by atoms with Gasteiger partial charge in [-0.25, -0.2) is 0 Å². The highest BCUT2D eigenvalue weighted by molar-refractivity contribution is 6.30. The van der Waals surface area contributed by atoms with Gasteiger partial charge >= 0.3 is 0 Å². The van der Waals surface area contributed by atoms with E-state index in [2.05, 4.69) is 11.2 Å². The van der Waals surface area contributed by atoms with Crippen LogP contribution in [0.1, 0.15) is 31.4 Å². The minimum atomic E-state index is -0.415. The van der Waals surface area contributed by atoms with Gasteiger partial charge in [-0.2, -0.15) is 5.10 Å². The van der Waals surface area contributed by atoms with Crippen LogP contribution in [-0.2, 0) is 11.8 Å². The van der Waals surface area contributed by atoms with Gasteiger partial charge in [0, 0.05) is 32.3 Å². The first-order valence-corrected chi connectivity index (χ1v) is 6.44. The van der Waals surface area contributed by atoms with Crippen LogP contribution < -0.4 is 0 Å². The summed E-state index contributed by atoms with van der Waals surface area (Å²) in [6, 6.07) is 2.06. The predicted octanol–water partition coefficient (Wildman–Crippen LogP) is 1.75. The average Bonchev–Trinajstić information content (AvgIpc) is 2.75. The molecule has 0 spiro atoms. The highest BCUT2D eigenvalue weighted by Crippen LogP contribution is 2.27. The number of halogens is 1. The molecule has 4 nitrogen and oxygen atoms in total. The molecule has 94 valence electrons. The van der Waals surface area contributed by atoms with Crippen LogP contribution in [0.3, 0.4) is 0 Å². The van der Waals surface area contributed by atoms with Crippen molar-refractivity contribution in [2.45, 2.75) is 31.1 Å². The van der Waals surface area contributed by atoms with E-state index in [1.54, 1.807) is 6.92 Å². The van der Waals surface area contributed by atoms with Crippen LogP contribution in [0, 0.1) is 0 Å². The van der Waals surface area contributed by atoms with Gasteiger partial charge in [0.05, 0.1) is 5.69 Å². The molecule has 0 bridgehead atoms. The van der Waals surface area contributed by atoms with Crippen molar-refractivity contribution in [3.8, 4) is 0 Å². The van der Waals surface area contributed by atoms with Crippen LogP contribution in [0.2, 0.25) is 0 Å². The Morgan fingerprint density at radius 3 is 2.65 bits per heavy atom. The Balaban J connectivity index is 1.92. The Morgan fingerprint density at radius 2 is 2.18 bits per heavy atom. The largest absolute Gasteiger partial charge is 0.341 e. The summed E-state index contributed by atoms with van der Waals surface area (Å²) in [6.07, 6.45) is 3.92. The number of hydrogen-bond donors (Lipinski definition) is 0. The maximum absolute atomic E-state index is 11.7. The first kappa shape index (κ1) is 12.4. The molecule has 1 aromatic rings. The molecule has 0 radical (unpaired) electrons. The van der Waals surface area contributed by atoms with Gasteiger partial charge in [-0.15, -0.1) is 11.6 Å². The lowest BCUT2D eigenvalue weighted by atomic mass is 9.93. The standard InChI is InChI=1S/C12H18ClN3O/c1-9(13)12(17)16-7-3-10(4-8-16)11-5-6-15(2)14-11/h5-6,9-10H,3-4,7-8H2,1-2H3. The van der Waals surface area contributed by atoms with Crippen LogP contribution in [-0.4, -0.2) is 39.1 Å². The Hall–Kier alpha value is -1.03. The second kappa shape index (κ2) is 5.08. The molecule has 17 heavy (non-hydrogen) atoms. The summed E-state index contributed by atoms with van der Waals surface area (Å²) in [6.45, 7) is 3.31. The third-order valence-corrected chi connectivity index (χ3v) is 3.49. The summed E-state index contributed by atoms with van der Waals surface area (Å²) in [4.78, 5) is 13.6. The van der Waals surface area contributed by atoms with E-state index in [9.17, 15) is 4.79 Å². The lowest BCUT2D eigenvalue weighted by Gasteiger charge is -2.32. The molecule has 2 rings (SSSR count). The molecule has 5 heteroatoms. The van der Waals surface area contributed by atoms with Crippen molar-refractivity contribution in [1.29, 1.82) is 0 Å². The van der Waals surface area contributed by atoms with E-state index < -0.39 is 5.38 Å². The molecule has 1 amide bonds. The van der Waals surface area contributed by atoms with Crippen molar-refractivity contribution in [3.05, 3.63) is 18.0 Å². The molecule has 1 aromatic heterocycles. The van der Waals surface area contributed by atoms with E-state index in [0.717, 1.165) is 31.6 Å². The monoisotopic (exact) mass is 255 g/mol. The van der Waals surface area contributed by atoms with Gasteiger partial charge in [-0.05, 0) is 25.8 Å². The summed E-state index contributed by atoms with van der Waals surface area (Å²) < 4.78 is 1.83. The quantitative estimate of drug-likeness (QED) is 0.756. The Kier molecular flexibility index (Phi) is 3.72. The first-order chi connectivity index (χ1) is 8.08. The normalized spacial score (nSPS) is 19.4. The van der Waals surface area contributed by atoms with Crippen molar-refractivity contribution in [3.63, 3.8) is 0 Å². The van der Waals surface area contributed by atoms with E-state index >= 15 is 0 Å². The zero-order valence-electron chi connectivity index (χ0n) is 10.3. The summed E-state index contributed by atoms with van der Waals surface area (Å²) in [5.41, 5.74) is 1.14. The van der Waals surface area contributed by atoms with E-state index in [0.29, 0.717) is 5.92 Å². The van der Waals surface area contributed by atoms with Gasteiger partial charge in [-0.1, -0.05) is 0 Å². The van der Waals surface area contributed by atoms with Gasteiger partial charge in [0.25, 0.3) is 0 Å². The number of rotatable bonds is 2. The maximum atomic E-state index is 11.7. The van der Waals surface area contributed by atoms with E-state index in [-0.39, 0.29) is 5.91 Å².